The number of morpholine rings is 1. The van der Waals surface area contributed by atoms with Gasteiger partial charge < -0.3 is 25.3 Å². The third-order valence-corrected chi connectivity index (χ3v) is 6.64. The van der Waals surface area contributed by atoms with Gasteiger partial charge in [-0.2, -0.15) is 0 Å². The van der Waals surface area contributed by atoms with Crippen molar-refractivity contribution in [1.82, 2.24) is 15.2 Å². The summed E-state index contributed by atoms with van der Waals surface area (Å²) in [7, 11) is 0. The van der Waals surface area contributed by atoms with Crippen molar-refractivity contribution in [3.8, 4) is 0 Å². The normalized spacial score (nSPS) is 20.7. The zero-order valence-corrected chi connectivity index (χ0v) is 17.8. The quantitative estimate of drug-likeness (QED) is 0.667. The highest BCUT2D eigenvalue weighted by Crippen LogP contribution is 2.41. The van der Waals surface area contributed by atoms with E-state index in [4.69, 9.17) is 4.74 Å². The topological polar surface area (TPSA) is 86.5 Å². The summed E-state index contributed by atoms with van der Waals surface area (Å²) in [6.45, 7) is 6.29. The molecule has 4 heterocycles. The number of aromatic nitrogens is 1. The largest absolute Gasteiger partial charge is 0.378 e. The minimum absolute atomic E-state index is 0.00775. The predicted octanol–water partition coefficient (Wildman–Crippen LogP) is 2.76. The number of benzene rings is 1. The summed E-state index contributed by atoms with van der Waals surface area (Å²) in [5, 5.41) is 6.44. The van der Waals surface area contributed by atoms with Crippen molar-refractivity contribution in [3.05, 3.63) is 52.3 Å². The lowest BCUT2D eigenvalue weighted by Gasteiger charge is -2.26. The molecular formula is C24H28N4O3. The minimum atomic E-state index is -0.0913. The van der Waals surface area contributed by atoms with E-state index in [2.05, 4.69) is 21.7 Å². The molecule has 0 aliphatic carbocycles. The van der Waals surface area contributed by atoms with Gasteiger partial charge in [0.1, 0.15) is 0 Å². The first kappa shape index (κ1) is 20.0. The highest BCUT2D eigenvalue weighted by Gasteiger charge is 2.30. The van der Waals surface area contributed by atoms with Crippen LogP contribution < -0.4 is 10.6 Å². The zero-order chi connectivity index (χ0) is 21.4. The van der Waals surface area contributed by atoms with Gasteiger partial charge in [-0.05, 0) is 62.0 Å². The zero-order valence-electron chi connectivity index (χ0n) is 17.8. The lowest BCUT2D eigenvalue weighted by molar-refractivity contribution is -0.110. The average molecular weight is 421 g/mol. The molecule has 3 N–H and O–H groups in total. The van der Waals surface area contributed by atoms with E-state index in [-0.39, 0.29) is 11.8 Å². The van der Waals surface area contributed by atoms with Gasteiger partial charge in [0, 0.05) is 36.2 Å². The van der Waals surface area contributed by atoms with Gasteiger partial charge in [0.15, 0.2) is 0 Å². The highest BCUT2D eigenvalue weighted by molar-refractivity contribution is 6.35. The van der Waals surface area contributed by atoms with Crippen LogP contribution in [0.2, 0.25) is 0 Å². The highest BCUT2D eigenvalue weighted by atomic mass is 16.5. The van der Waals surface area contributed by atoms with Crippen LogP contribution in [-0.2, 0) is 9.53 Å². The van der Waals surface area contributed by atoms with Crippen LogP contribution in [0.4, 0.5) is 5.69 Å². The fourth-order valence-corrected chi connectivity index (χ4v) is 4.85. The molecular weight excluding hydrogens is 392 g/mol. The first-order valence-corrected chi connectivity index (χ1v) is 11.1. The molecule has 1 aromatic heterocycles. The van der Waals surface area contributed by atoms with Gasteiger partial charge in [-0.3, -0.25) is 9.59 Å². The summed E-state index contributed by atoms with van der Waals surface area (Å²) in [5.74, 6) is 0.357. The molecule has 0 bridgehead atoms. The second kappa shape index (κ2) is 8.32. The van der Waals surface area contributed by atoms with Crippen molar-refractivity contribution in [2.24, 2.45) is 0 Å². The third-order valence-electron chi connectivity index (χ3n) is 6.64. The molecule has 2 saturated heterocycles. The average Bonchev–Trinajstić information content (AvgIpc) is 3.34. The van der Waals surface area contributed by atoms with E-state index in [9.17, 15) is 9.59 Å². The Morgan fingerprint density at radius 2 is 1.97 bits per heavy atom. The smallest absolute Gasteiger partial charge is 0.256 e. The SMILES string of the molecule is Cc1c(C(=O)N2CCOCC2)c[nH]c1C=C1C(=O)Nc2cccc(C3CCNCC3)c21. The van der Waals surface area contributed by atoms with E-state index in [0.29, 0.717) is 43.4 Å². The first-order chi connectivity index (χ1) is 15.1. The molecule has 0 unspecified atom stereocenters. The fraction of sp³-hybridized carbons (Fsp3) is 0.417. The molecule has 162 valence electrons. The molecule has 7 heteroatoms. The lowest BCUT2D eigenvalue weighted by Crippen LogP contribution is -2.40. The number of piperidine rings is 1. The molecule has 0 saturated carbocycles. The van der Waals surface area contributed by atoms with Crippen LogP contribution in [0, 0.1) is 6.92 Å². The van der Waals surface area contributed by atoms with Gasteiger partial charge in [-0.25, -0.2) is 0 Å². The molecule has 0 radical (unpaired) electrons. The van der Waals surface area contributed by atoms with Crippen molar-refractivity contribution in [2.45, 2.75) is 25.7 Å². The molecule has 2 fully saturated rings. The monoisotopic (exact) mass is 420 g/mol. The number of H-pyrrole nitrogens is 1. The Morgan fingerprint density at radius 1 is 1.19 bits per heavy atom. The van der Waals surface area contributed by atoms with E-state index in [1.54, 1.807) is 6.20 Å². The number of anilines is 1. The van der Waals surface area contributed by atoms with Gasteiger partial charge in [0.2, 0.25) is 0 Å². The van der Waals surface area contributed by atoms with Crippen molar-refractivity contribution in [1.29, 1.82) is 0 Å². The Morgan fingerprint density at radius 3 is 2.74 bits per heavy atom. The number of ether oxygens (including phenoxy) is 1. The van der Waals surface area contributed by atoms with Crippen molar-refractivity contribution >= 4 is 29.2 Å². The van der Waals surface area contributed by atoms with Crippen molar-refractivity contribution in [2.75, 3.05) is 44.7 Å². The third kappa shape index (κ3) is 3.68. The number of carbonyl (C=O) groups is 2. The van der Waals surface area contributed by atoms with Crippen LogP contribution in [0.15, 0.2) is 24.4 Å². The summed E-state index contributed by atoms with van der Waals surface area (Å²) in [5.41, 5.74) is 6.10. The molecule has 2 aromatic rings. The number of carbonyl (C=O) groups excluding carboxylic acids is 2. The first-order valence-electron chi connectivity index (χ1n) is 11.1. The van der Waals surface area contributed by atoms with E-state index in [1.807, 2.05) is 30.0 Å². The standard InChI is InChI=1S/C24H28N4O3/c1-15-19(24(30)28-9-11-31-12-10-28)14-26-21(15)13-18-22-17(16-5-7-25-8-6-16)3-2-4-20(22)27-23(18)29/h2-4,13-14,16,25-26H,5-12H2,1H3,(H,27,29). The van der Waals surface area contributed by atoms with E-state index >= 15 is 0 Å². The summed E-state index contributed by atoms with van der Waals surface area (Å²) < 4.78 is 5.36. The second-order valence-electron chi connectivity index (χ2n) is 8.45. The molecule has 31 heavy (non-hydrogen) atoms. The molecule has 3 aliphatic rings. The molecule has 7 nitrogen and oxygen atoms in total. The summed E-state index contributed by atoms with van der Waals surface area (Å²) in [6.07, 6.45) is 5.79. The maximum absolute atomic E-state index is 12.9. The number of rotatable bonds is 3. The number of hydrogen-bond acceptors (Lipinski definition) is 4. The van der Waals surface area contributed by atoms with Crippen LogP contribution in [0.3, 0.4) is 0 Å². The molecule has 2 amide bonds. The Hall–Kier alpha value is -2.90. The number of nitrogens with zero attached hydrogens (tertiary/aromatic N) is 1. The van der Waals surface area contributed by atoms with Gasteiger partial charge in [0.05, 0.1) is 24.4 Å². The number of nitrogens with one attached hydrogen (secondary N) is 3. The Labute approximate surface area is 181 Å². The second-order valence-corrected chi connectivity index (χ2v) is 8.45. The molecule has 0 spiro atoms. The molecule has 5 rings (SSSR count). The van der Waals surface area contributed by atoms with Crippen LogP contribution in [0.1, 0.15) is 51.5 Å². The van der Waals surface area contributed by atoms with Gasteiger partial charge in [-0.15, -0.1) is 0 Å². The van der Waals surface area contributed by atoms with E-state index in [0.717, 1.165) is 48.4 Å². The summed E-state index contributed by atoms with van der Waals surface area (Å²) >= 11 is 0. The number of fused-ring (bicyclic) bond motifs is 1. The summed E-state index contributed by atoms with van der Waals surface area (Å²) in [6, 6.07) is 6.14. The van der Waals surface area contributed by atoms with Crippen molar-refractivity contribution < 1.29 is 14.3 Å². The molecule has 0 atom stereocenters. The summed E-state index contributed by atoms with van der Waals surface area (Å²) in [4.78, 5) is 30.9. The Kier molecular flexibility index (Phi) is 5.38. The van der Waals surface area contributed by atoms with Crippen LogP contribution in [0.25, 0.3) is 11.6 Å². The molecule has 3 aliphatic heterocycles. The predicted molar refractivity (Wildman–Crippen MR) is 120 cm³/mol. The van der Waals surface area contributed by atoms with E-state index < -0.39 is 0 Å². The van der Waals surface area contributed by atoms with Gasteiger partial charge in [0.25, 0.3) is 11.8 Å². The maximum Gasteiger partial charge on any atom is 0.256 e. The number of amides is 2. The van der Waals surface area contributed by atoms with Gasteiger partial charge in [-0.1, -0.05) is 12.1 Å². The van der Waals surface area contributed by atoms with Crippen LogP contribution in [0.5, 0.6) is 0 Å². The lowest BCUT2D eigenvalue weighted by atomic mass is 9.85. The minimum Gasteiger partial charge on any atom is -0.378 e. The van der Waals surface area contributed by atoms with Crippen molar-refractivity contribution in [3.63, 3.8) is 0 Å². The van der Waals surface area contributed by atoms with Crippen LogP contribution >= 0.6 is 0 Å². The Bertz CT molecular complexity index is 1040. The van der Waals surface area contributed by atoms with Crippen LogP contribution in [-0.4, -0.2) is 61.1 Å². The number of aromatic amines is 1. The van der Waals surface area contributed by atoms with E-state index in [1.165, 1.54) is 5.56 Å². The van der Waals surface area contributed by atoms with Gasteiger partial charge >= 0.3 is 0 Å². The Balaban J connectivity index is 1.49. The molecule has 1 aromatic carbocycles. The number of hydrogen-bond donors (Lipinski definition) is 3. The maximum atomic E-state index is 12.9. The fourth-order valence-electron chi connectivity index (χ4n) is 4.85.